The summed E-state index contributed by atoms with van der Waals surface area (Å²) in [6, 6.07) is 18.5. The van der Waals surface area contributed by atoms with E-state index in [0.29, 0.717) is 23.1 Å². The maximum Gasteiger partial charge on any atom is 0.257 e. The number of carbonyl (C=O) groups excluding carboxylic acids is 1. The zero-order chi connectivity index (χ0) is 19.9. The highest BCUT2D eigenvalue weighted by atomic mass is 35.5. The molecule has 142 valence electrons. The highest BCUT2D eigenvalue weighted by Crippen LogP contribution is 2.20. The summed E-state index contributed by atoms with van der Waals surface area (Å²) < 4.78 is 0. The van der Waals surface area contributed by atoms with E-state index in [-0.39, 0.29) is 5.91 Å². The molecule has 0 bridgehead atoms. The molecule has 2 aromatic carbocycles. The van der Waals surface area contributed by atoms with E-state index in [1.54, 1.807) is 24.4 Å². The smallest absolute Gasteiger partial charge is 0.257 e. The number of benzene rings is 2. The summed E-state index contributed by atoms with van der Waals surface area (Å²) in [6.07, 6.45) is 1.71. The van der Waals surface area contributed by atoms with Crippen LogP contribution in [0.15, 0.2) is 71.9 Å². The topological polar surface area (TPSA) is 66.4 Å². The molecular weight excluding hydrogens is 372 g/mol. The maximum absolute atomic E-state index is 12.6. The largest absolute Gasteiger partial charge is 0.326 e. The first kappa shape index (κ1) is 19.6. The Morgan fingerprint density at radius 1 is 1.07 bits per heavy atom. The Balaban J connectivity index is 1.83. The van der Waals surface area contributed by atoms with E-state index >= 15 is 0 Å². The van der Waals surface area contributed by atoms with Gasteiger partial charge in [0.1, 0.15) is 0 Å². The molecule has 1 aromatic heterocycles. The number of halogens is 1. The number of carbonyl (C=O) groups is 1. The number of aromatic nitrogens is 1. The summed E-state index contributed by atoms with van der Waals surface area (Å²) in [5.74, 6) is 0.0912. The fourth-order valence-corrected chi connectivity index (χ4v) is 2.68. The SMILES string of the molecule is Cc1ccc(C(=O)NC(=NCc2ccccn2)Nc2cc(Cl)ccc2C)cc1. The van der Waals surface area contributed by atoms with Crippen molar-refractivity contribution in [3.8, 4) is 0 Å². The van der Waals surface area contributed by atoms with Crippen LogP contribution in [0.2, 0.25) is 5.02 Å². The van der Waals surface area contributed by atoms with Gasteiger partial charge in [-0.15, -0.1) is 0 Å². The molecule has 1 heterocycles. The fraction of sp³-hybridized carbons (Fsp3) is 0.136. The lowest BCUT2D eigenvalue weighted by Crippen LogP contribution is -2.36. The molecule has 5 nitrogen and oxygen atoms in total. The lowest BCUT2D eigenvalue weighted by Gasteiger charge is -2.14. The summed E-state index contributed by atoms with van der Waals surface area (Å²) >= 11 is 6.11. The molecule has 6 heteroatoms. The Kier molecular flexibility index (Phi) is 6.40. The van der Waals surface area contributed by atoms with Gasteiger partial charge in [-0.05, 0) is 55.8 Å². The fourth-order valence-electron chi connectivity index (χ4n) is 2.50. The van der Waals surface area contributed by atoms with E-state index in [9.17, 15) is 4.79 Å². The zero-order valence-electron chi connectivity index (χ0n) is 15.7. The molecule has 0 aliphatic rings. The lowest BCUT2D eigenvalue weighted by molar-refractivity contribution is 0.0977. The molecule has 0 unspecified atom stereocenters. The molecule has 0 aliphatic heterocycles. The van der Waals surface area contributed by atoms with E-state index in [2.05, 4.69) is 20.6 Å². The van der Waals surface area contributed by atoms with E-state index in [4.69, 9.17) is 11.6 Å². The molecule has 0 saturated heterocycles. The molecule has 0 fully saturated rings. The van der Waals surface area contributed by atoms with Crippen molar-refractivity contribution in [1.82, 2.24) is 10.3 Å². The second-order valence-corrected chi connectivity index (χ2v) is 6.83. The number of anilines is 1. The monoisotopic (exact) mass is 392 g/mol. The minimum absolute atomic E-state index is 0.244. The average molecular weight is 393 g/mol. The molecule has 0 aliphatic carbocycles. The van der Waals surface area contributed by atoms with Crippen molar-refractivity contribution < 1.29 is 4.79 Å². The molecule has 2 N–H and O–H groups in total. The second kappa shape index (κ2) is 9.15. The Bertz CT molecular complexity index is 985. The van der Waals surface area contributed by atoms with Gasteiger partial charge in [-0.1, -0.05) is 41.4 Å². The van der Waals surface area contributed by atoms with Gasteiger partial charge in [0, 0.05) is 22.5 Å². The van der Waals surface area contributed by atoms with Crippen molar-refractivity contribution in [1.29, 1.82) is 0 Å². The van der Waals surface area contributed by atoms with Crippen LogP contribution in [0, 0.1) is 13.8 Å². The van der Waals surface area contributed by atoms with Gasteiger partial charge >= 0.3 is 0 Å². The number of nitrogens with one attached hydrogen (secondary N) is 2. The standard InChI is InChI=1S/C22H21ClN4O/c1-15-6-9-17(10-7-15)21(28)27-22(25-14-19-5-3-4-12-24-19)26-20-13-18(23)11-8-16(20)2/h3-13H,14H2,1-2H3,(H2,25,26,27,28). The first-order chi connectivity index (χ1) is 13.5. The lowest BCUT2D eigenvalue weighted by atomic mass is 10.1. The van der Waals surface area contributed by atoms with Gasteiger partial charge in [0.05, 0.1) is 12.2 Å². The average Bonchev–Trinajstić information content (AvgIpc) is 2.70. The number of hydrogen-bond donors (Lipinski definition) is 2. The van der Waals surface area contributed by atoms with Crippen molar-refractivity contribution in [3.63, 3.8) is 0 Å². The number of guanidine groups is 1. The van der Waals surface area contributed by atoms with Crippen molar-refractivity contribution in [2.24, 2.45) is 4.99 Å². The second-order valence-electron chi connectivity index (χ2n) is 6.39. The predicted octanol–water partition coefficient (Wildman–Crippen LogP) is 4.75. The summed E-state index contributed by atoms with van der Waals surface area (Å²) in [6.45, 7) is 4.26. The van der Waals surface area contributed by atoms with Gasteiger partial charge in [0.2, 0.25) is 5.96 Å². The minimum Gasteiger partial charge on any atom is -0.326 e. The van der Waals surface area contributed by atoms with Crippen molar-refractivity contribution >= 4 is 29.2 Å². The summed E-state index contributed by atoms with van der Waals surface area (Å²) in [5.41, 5.74) is 4.21. The first-order valence-corrected chi connectivity index (χ1v) is 9.24. The van der Waals surface area contributed by atoms with Crippen LogP contribution in [0.25, 0.3) is 0 Å². The molecule has 0 spiro atoms. The Morgan fingerprint density at radius 2 is 1.86 bits per heavy atom. The molecule has 28 heavy (non-hydrogen) atoms. The minimum atomic E-state index is -0.244. The van der Waals surface area contributed by atoms with Crippen LogP contribution in [0.3, 0.4) is 0 Å². The third-order valence-corrected chi connectivity index (χ3v) is 4.36. The van der Waals surface area contributed by atoms with Crippen molar-refractivity contribution in [2.45, 2.75) is 20.4 Å². The van der Waals surface area contributed by atoms with Crippen LogP contribution >= 0.6 is 11.6 Å². The van der Waals surface area contributed by atoms with E-state index in [1.807, 2.05) is 56.3 Å². The number of rotatable bonds is 4. The summed E-state index contributed by atoms with van der Waals surface area (Å²) in [5, 5.41) is 6.62. The van der Waals surface area contributed by atoms with Gasteiger partial charge < -0.3 is 5.32 Å². The molecule has 0 atom stereocenters. The molecule has 0 radical (unpaired) electrons. The van der Waals surface area contributed by atoms with Gasteiger partial charge in [0.15, 0.2) is 0 Å². The molecule has 3 rings (SSSR count). The molecular formula is C22H21ClN4O. The molecule has 3 aromatic rings. The first-order valence-electron chi connectivity index (χ1n) is 8.87. The number of hydrogen-bond acceptors (Lipinski definition) is 3. The van der Waals surface area contributed by atoms with Crippen molar-refractivity contribution in [2.75, 3.05) is 5.32 Å². The Labute approximate surface area is 169 Å². The van der Waals surface area contributed by atoms with E-state index < -0.39 is 0 Å². The summed E-state index contributed by atoms with van der Waals surface area (Å²) in [4.78, 5) is 21.4. The number of aryl methyl sites for hydroxylation is 2. The van der Waals surface area contributed by atoms with Crippen LogP contribution < -0.4 is 10.6 Å². The van der Waals surface area contributed by atoms with Crippen LogP contribution in [-0.2, 0) is 6.54 Å². The quantitative estimate of drug-likeness (QED) is 0.497. The highest BCUT2D eigenvalue weighted by molar-refractivity contribution is 6.31. The predicted molar refractivity (Wildman–Crippen MR) is 114 cm³/mol. The molecule has 1 amide bonds. The van der Waals surface area contributed by atoms with Crippen LogP contribution in [-0.4, -0.2) is 16.9 Å². The van der Waals surface area contributed by atoms with E-state index in [0.717, 1.165) is 22.5 Å². The number of nitrogens with zero attached hydrogens (tertiary/aromatic N) is 2. The van der Waals surface area contributed by atoms with Crippen LogP contribution in [0.1, 0.15) is 27.2 Å². The van der Waals surface area contributed by atoms with Gasteiger partial charge in [0.25, 0.3) is 5.91 Å². The maximum atomic E-state index is 12.6. The van der Waals surface area contributed by atoms with Crippen LogP contribution in [0.4, 0.5) is 5.69 Å². The summed E-state index contributed by atoms with van der Waals surface area (Å²) in [7, 11) is 0. The number of aliphatic imine (C=N–C) groups is 1. The Hall–Kier alpha value is -3.18. The normalized spacial score (nSPS) is 11.2. The third-order valence-electron chi connectivity index (χ3n) is 4.12. The van der Waals surface area contributed by atoms with Gasteiger partial charge in [-0.25, -0.2) is 4.99 Å². The number of amides is 1. The van der Waals surface area contributed by atoms with Crippen molar-refractivity contribution in [3.05, 3.63) is 94.3 Å². The highest BCUT2D eigenvalue weighted by Gasteiger charge is 2.11. The number of pyridine rings is 1. The Morgan fingerprint density at radius 3 is 2.57 bits per heavy atom. The zero-order valence-corrected chi connectivity index (χ0v) is 16.5. The molecule has 0 saturated carbocycles. The van der Waals surface area contributed by atoms with Crippen LogP contribution in [0.5, 0.6) is 0 Å². The van der Waals surface area contributed by atoms with Gasteiger partial charge in [-0.3, -0.25) is 15.1 Å². The van der Waals surface area contributed by atoms with Gasteiger partial charge in [-0.2, -0.15) is 0 Å². The van der Waals surface area contributed by atoms with E-state index in [1.165, 1.54) is 0 Å². The third kappa shape index (κ3) is 5.41.